The van der Waals surface area contributed by atoms with Crippen LogP contribution in [0.2, 0.25) is 0 Å². The number of ether oxygens (including phenoxy) is 2. The third-order valence-corrected chi connectivity index (χ3v) is 5.70. The monoisotopic (exact) mass is 325 g/mol. The lowest BCUT2D eigenvalue weighted by Crippen LogP contribution is -2.67. The Morgan fingerprint density at radius 2 is 2.23 bits per heavy atom. The number of aromatic nitrogens is 1. The standard InChI is InChI=1S/C15H23N3O3S/c1-15(2)11(9-12(15)18-4-6-21-7-5-18)16-14(19)10-8-13(20-3)17-22-10/h8,11-12H,4-7,9H2,1-3H3,(H,16,19). The van der Waals surface area contributed by atoms with Crippen molar-refractivity contribution in [3.63, 3.8) is 0 Å². The van der Waals surface area contributed by atoms with Gasteiger partial charge in [-0.3, -0.25) is 9.69 Å². The van der Waals surface area contributed by atoms with E-state index in [0.29, 0.717) is 16.8 Å². The summed E-state index contributed by atoms with van der Waals surface area (Å²) < 4.78 is 14.5. The maximum atomic E-state index is 12.3. The fraction of sp³-hybridized carbons (Fsp3) is 0.733. The van der Waals surface area contributed by atoms with Crippen molar-refractivity contribution in [3.8, 4) is 5.88 Å². The van der Waals surface area contributed by atoms with Crippen LogP contribution in [0.1, 0.15) is 29.9 Å². The third kappa shape index (κ3) is 2.85. The molecule has 0 spiro atoms. The van der Waals surface area contributed by atoms with Gasteiger partial charge in [-0.1, -0.05) is 13.8 Å². The molecule has 3 rings (SSSR count). The smallest absolute Gasteiger partial charge is 0.263 e. The lowest BCUT2D eigenvalue weighted by Gasteiger charge is -2.57. The second-order valence-electron chi connectivity index (χ2n) is 6.48. The molecule has 122 valence electrons. The van der Waals surface area contributed by atoms with Crippen molar-refractivity contribution in [1.82, 2.24) is 14.6 Å². The highest BCUT2D eigenvalue weighted by Crippen LogP contribution is 2.44. The summed E-state index contributed by atoms with van der Waals surface area (Å²) in [5, 5.41) is 3.15. The largest absolute Gasteiger partial charge is 0.480 e. The molecule has 1 N–H and O–H groups in total. The zero-order valence-corrected chi connectivity index (χ0v) is 14.1. The normalized spacial score (nSPS) is 28.0. The summed E-state index contributed by atoms with van der Waals surface area (Å²) in [6, 6.07) is 2.39. The van der Waals surface area contributed by atoms with Crippen LogP contribution in [-0.2, 0) is 4.74 Å². The number of carbonyl (C=O) groups is 1. The Morgan fingerprint density at radius 3 is 2.82 bits per heavy atom. The van der Waals surface area contributed by atoms with Crippen LogP contribution in [0.4, 0.5) is 0 Å². The molecule has 6 nitrogen and oxygen atoms in total. The molecular weight excluding hydrogens is 302 g/mol. The van der Waals surface area contributed by atoms with E-state index in [1.54, 1.807) is 13.2 Å². The van der Waals surface area contributed by atoms with Gasteiger partial charge in [0.2, 0.25) is 5.88 Å². The van der Waals surface area contributed by atoms with Crippen LogP contribution < -0.4 is 10.1 Å². The second-order valence-corrected chi connectivity index (χ2v) is 7.29. The van der Waals surface area contributed by atoms with E-state index in [4.69, 9.17) is 9.47 Å². The summed E-state index contributed by atoms with van der Waals surface area (Å²) >= 11 is 1.17. The summed E-state index contributed by atoms with van der Waals surface area (Å²) in [6.07, 6.45) is 0.995. The Labute approximate surface area is 134 Å². The molecule has 1 saturated carbocycles. The molecule has 1 saturated heterocycles. The van der Waals surface area contributed by atoms with Gasteiger partial charge >= 0.3 is 0 Å². The molecule has 2 heterocycles. The Balaban J connectivity index is 1.58. The van der Waals surface area contributed by atoms with Crippen molar-refractivity contribution in [2.45, 2.75) is 32.4 Å². The zero-order chi connectivity index (χ0) is 15.7. The zero-order valence-electron chi connectivity index (χ0n) is 13.3. The SMILES string of the molecule is COc1cc(C(=O)NC2CC(N3CCOCC3)C2(C)C)sn1. The van der Waals surface area contributed by atoms with Gasteiger partial charge in [0.05, 0.1) is 20.3 Å². The van der Waals surface area contributed by atoms with Crippen LogP contribution >= 0.6 is 11.5 Å². The number of carbonyl (C=O) groups excluding carboxylic acids is 1. The molecule has 22 heavy (non-hydrogen) atoms. The van der Waals surface area contributed by atoms with Gasteiger partial charge in [0.25, 0.3) is 5.91 Å². The maximum Gasteiger partial charge on any atom is 0.263 e. The first kappa shape index (κ1) is 15.7. The van der Waals surface area contributed by atoms with Gasteiger partial charge in [-0.25, -0.2) is 0 Å². The van der Waals surface area contributed by atoms with E-state index in [-0.39, 0.29) is 17.4 Å². The van der Waals surface area contributed by atoms with Gasteiger partial charge in [0.1, 0.15) is 4.88 Å². The molecule has 2 fully saturated rings. The lowest BCUT2D eigenvalue weighted by molar-refractivity contribution is -0.0750. The first-order valence-electron chi connectivity index (χ1n) is 7.65. The van der Waals surface area contributed by atoms with Crippen molar-refractivity contribution in [3.05, 3.63) is 10.9 Å². The average molecular weight is 325 g/mol. The number of nitrogens with zero attached hydrogens (tertiary/aromatic N) is 2. The van der Waals surface area contributed by atoms with Crippen molar-refractivity contribution in [2.24, 2.45) is 5.41 Å². The Kier molecular flexibility index (Phi) is 4.38. The molecule has 0 aromatic carbocycles. The van der Waals surface area contributed by atoms with Crippen LogP contribution in [-0.4, -0.2) is 60.7 Å². The number of hydrogen-bond acceptors (Lipinski definition) is 6. The Bertz CT molecular complexity index is 540. The molecule has 0 radical (unpaired) electrons. The van der Waals surface area contributed by atoms with Crippen LogP contribution in [0, 0.1) is 5.41 Å². The van der Waals surface area contributed by atoms with E-state index < -0.39 is 0 Å². The molecule has 1 aromatic heterocycles. The minimum atomic E-state index is -0.0562. The van der Waals surface area contributed by atoms with Gasteiger partial charge in [-0.2, -0.15) is 4.37 Å². The predicted molar refractivity (Wildman–Crippen MR) is 84.5 cm³/mol. The van der Waals surface area contributed by atoms with Crippen LogP contribution in [0.25, 0.3) is 0 Å². The summed E-state index contributed by atoms with van der Waals surface area (Å²) in [4.78, 5) is 15.4. The van der Waals surface area contributed by atoms with E-state index in [1.165, 1.54) is 11.5 Å². The third-order valence-electron chi connectivity index (χ3n) is 4.93. The summed E-state index contributed by atoms with van der Waals surface area (Å²) in [5.41, 5.74) is 0.0712. The number of hydrogen-bond donors (Lipinski definition) is 1. The number of nitrogens with one attached hydrogen (secondary N) is 1. The number of rotatable bonds is 4. The highest BCUT2D eigenvalue weighted by atomic mass is 32.1. The molecular formula is C15H23N3O3S. The molecule has 1 aliphatic carbocycles. The first-order valence-corrected chi connectivity index (χ1v) is 8.43. The number of morpholine rings is 1. The fourth-order valence-corrected chi connectivity index (χ4v) is 3.96. The molecule has 0 bridgehead atoms. The molecule has 7 heteroatoms. The van der Waals surface area contributed by atoms with E-state index in [0.717, 1.165) is 32.7 Å². The van der Waals surface area contributed by atoms with Crippen molar-refractivity contribution >= 4 is 17.4 Å². The molecule has 1 amide bonds. The van der Waals surface area contributed by atoms with Gasteiger partial charge in [-0.05, 0) is 18.0 Å². The topological polar surface area (TPSA) is 63.7 Å². The van der Waals surface area contributed by atoms with Gasteiger partial charge in [-0.15, -0.1) is 0 Å². The van der Waals surface area contributed by atoms with E-state index in [1.807, 2.05) is 0 Å². The van der Waals surface area contributed by atoms with Crippen molar-refractivity contribution in [1.29, 1.82) is 0 Å². The molecule has 2 aliphatic rings. The Morgan fingerprint density at radius 1 is 1.50 bits per heavy atom. The predicted octanol–water partition coefficient (Wildman–Crippen LogP) is 1.38. The molecule has 2 unspecified atom stereocenters. The highest BCUT2D eigenvalue weighted by Gasteiger charge is 2.51. The first-order chi connectivity index (χ1) is 10.5. The van der Waals surface area contributed by atoms with E-state index in [9.17, 15) is 4.79 Å². The quantitative estimate of drug-likeness (QED) is 0.906. The lowest BCUT2D eigenvalue weighted by atomic mass is 9.62. The number of amides is 1. The van der Waals surface area contributed by atoms with Crippen molar-refractivity contribution in [2.75, 3.05) is 33.4 Å². The minimum Gasteiger partial charge on any atom is -0.480 e. The van der Waals surface area contributed by atoms with Crippen molar-refractivity contribution < 1.29 is 14.3 Å². The minimum absolute atomic E-state index is 0.0562. The fourth-order valence-electron chi connectivity index (χ4n) is 3.35. The summed E-state index contributed by atoms with van der Waals surface area (Å²) in [6.45, 7) is 8.06. The number of methoxy groups -OCH3 is 1. The van der Waals surface area contributed by atoms with Crippen LogP contribution in [0.15, 0.2) is 6.07 Å². The van der Waals surface area contributed by atoms with Gasteiger partial charge < -0.3 is 14.8 Å². The maximum absolute atomic E-state index is 12.3. The molecule has 1 aromatic rings. The van der Waals surface area contributed by atoms with E-state index >= 15 is 0 Å². The van der Waals surface area contributed by atoms with Crippen LogP contribution in [0.5, 0.6) is 5.88 Å². The summed E-state index contributed by atoms with van der Waals surface area (Å²) in [7, 11) is 1.55. The molecule has 1 aliphatic heterocycles. The second kappa shape index (κ2) is 6.14. The highest BCUT2D eigenvalue weighted by molar-refractivity contribution is 7.08. The van der Waals surface area contributed by atoms with Gasteiger partial charge in [0, 0.05) is 36.7 Å². The summed E-state index contributed by atoms with van der Waals surface area (Å²) in [5.74, 6) is 0.438. The van der Waals surface area contributed by atoms with Crippen LogP contribution in [0.3, 0.4) is 0 Å². The molecule has 2 atom stereocenters. The average Bonchev–Trinajstić information content (AvgIpc) is 3.01. The van der Waals surface area contributed by atoms with Gasteiger partial charge in [0.15, 0.2) is 0 Å². The van der Waals surface area contributed by atoms with E-state index in [2.05, 4.69) is 28.4 Å². The Hall–Kier alpha value is -1.18.